The first-order valence-electron chi connectivity index (χ1n) is 6.94. The summed E-state index contributed by atoms with van der Waals surface area (Å²) in [6.07, 6.45) is 4.73. The van der Waals surface area contributed by atoms with Crippen molar-refractivity contribution in [3.05, 3.63) is 45.7 Å². The van der Waals surface area contributed by atoms with E-state index in [4.69, 9.17) is 0 Å². The van der Waals surface area contributed by atoms with Crippen molar-refractivity contribution in [3.8, 4) is 0 Å². The zero-order valence-corrected chi connectivity index (χ0v) is 16.2. The zero-order chi connectivity index (χ0) is 15.1. The number of hydrogen-bond donors (Lipinski definition) is 2. The molecular weight excluding hydrogens is 409 g/mol. The summed E-state index contributed by atoms with van der Waals surface area (Å²) in [5.41, 5.74) is 2.27. The molecule has 2 heterocycles. The monoisotopic (exact) mass is 431 g/mol. The third kappa shape index (κ3) is 6.27. The molecule has 0 aromatic carbocycles. The molecule has 0 aliphatic rings. The second-order valence-corrected chi connectivity index (χ2v) is 6.09. The fraction of sp³-hybridized carbons (Fsp3) is 0.400. The van der Waals surface area contributed by atoms with Crippen molar-refractivity contribution in [3.63, 3.8) is 0 Å². The Balaban J connectivity index is 0.00000242. The first-order valence-corrected chi connectivity index (χ1v) is 7.76. The molecule has 0 aliphatic heterocycles. The van der Waals surface area contributed by atoms with Gasteiger partial charge in [0, 0.05) is 36.6 Å². The van der Waals surface area contributed by atoms with Crippen LogP contribution >= 0.6 is 35.3 Å². The van der Waals surface area contributed by atoms with Crippen LogP contribution in [-0.2, 0) is 13.0 Å². The standard InChI is InChI=1S/C15H21N5S.HI/c1-11-4-5-13(9-18-11)6-7-17-15(16-3)20-10-14-19-8-12(2)21-14;/h4-5,8-9H,6-7,10H2,1-3H3,(H2,16,17,20);1H. The van der Waals surface area contributed by atoms with Crippen LogP contribution in [0.25, 0.3) is 0 Å². The van der Waals surface area contributed by atoms with E-state index >= 15 is 0 Å². The van der Waals surface area contributed by atoms with E-state index in [9.17, 15) is 0 Å². The lowest BCUT2D eigenvalue weighted by atomic mass is 10.2. The Morgan fingerprint density at radius 3 is 2.59 bits per heavy atom. The summed E-state index contributed by atoms with van der Waals surface area (Å²) in [4.78, 5) is 14.1. The highest BCUT2D eigenvalue weighted by Crippen LogP contribution is 2.10. The van der Waals surface area contributed by atoms with Crippen LogP contribution in [-0.4, -0.2) is 29.5 Å². The first kappa shape index (κ1) is 18.8. The maximum atomic E-state index is 4.32. The average molecular weight is 431 g/mol. The van der Waals surface area contributed by atoms with Gasteiger partial charge in [-0.2, -0.15) is 0 Å². The predicted molar refractivity (Wildman–Crippen MR) is 103 cm³/mol. The van der Waals surface area contributed by atoms with Crippen LogP contribution in [0.3, 0.4) is 0 Å². The first-order chi connectivity index (χ1) is 10.2. The number of pyridine rings is 1. The van der Waals surface area contributed by atoms with Gasteiger partial charge in [0.25, 0.3) is 0 Å². The highest BCUT2D eigenvalue weighted by atomic mass is 127. The summed E-state index contributed by atoms with van der Waals surface area (Å²) in [7, 11) is 1.77. The Bertz CT molecular complexity index is 594. The molecule has 0 spiro atoms. The lowest BCUT2D eigenvalue weighted by Gasteiger charge is -2.10. The van der Waals surface area contributed by atoms with Gasteiger partial charge in [0.15, 0.2) is 5.96 Å². The van der Waals surface area contributed by atoms with E-state index in [1.54, 1.807) is 18.4 Å². The molecule has 2 aromatic rings. The number of aryl methyl sites for hydroxylation is 2. The van der Waals surface area contributed by atoms with E-state index in [1.807, 2.05) is 25.4 Å². The number of halogens is 1. The Morgan fingerprint density at radius 2 is 2.00 bits per heavy atom. The van der Waals surface area contributed by atoms with Crippen molar-refractivity contribution >= 4 is 41.3 Å². The minimum absolute atomic E-state index is 0. The molecule has 0 saturated carbocycles. The fourth-order valence-electron chi connectivity index (χ4n) is 1.83. The lowest BCUT2D eigenvalue weighted by Crippen LogP contribution is -2.37. The molecule has 2 N–H and O–H groups in total. The Labute approximate surface area is 152 Å². The summed E-state index contributed by atoms with van der Waals surface area (Å²) in [6.45, 7) is 5.57. The molecular formula is C15H22IN5S. The van der Waals surface area contributed by atoms with Gasteiger partial charge in [-0.3, -0.25) is 9.98 Å². The van der Waals surface area contributed by atoms with Crippen molar-refractivity contribution in [1.82, 2.24) is 20.6 Å². The molecule has 0 unspecified atom stereocenters. The van der Waals surface area contributed by atoms with Gasteiger partial charge >= 0.3 is 0 Å². The number of nitrogens with zero attached hydrogens (tertiary/aromatic N) is 3. The molecule has 0 saturated heterocycles. The molecule has 120 valence electrons. The van der Waals surface area contributed by atoms with Crippen molar-refractivity contribution in [2.75, 3.05) is 13.6 Å². The van der Waals surface area contributed by atoms with Gasteiger partial charge in [-0.15, -0.1) is 35.3 Å². The lowest BCUT2D eigenvalue weighted by molar-refractivity contribution is 0.790. The molecule has 5 nitrogen and oxygen atoms in total. The molecule has 0 fully saturated rings. The van der Waals surface area contributed by atoms with E-state index in [2.05, 4.69) is 38.6 Å². The third-order valence-electron chi connectivity index (χ3n) is 2.98. The van der Waals surface area contributed by atoms with E-state index < -0.39 is 0 Å². The summed E-state index contributed by atoms with van der Waals surface area (Å²) in [5.74, 6) is 0.794. The van der Waals surface area contributed by atoms with Gasteiger partial charge < -0.3 is 10.6 Å². The molecule has 2 aromatic heterocycles. The number of rotatable bonds is 5. The van der Waals surface area contributed by atoms with Crippen LogP contribution in [0.5, 0.6) is 0 Å². The van der Waals surface area contributed by atoms with Crippen molar-refractivity contribution in [2.24, 2.45) is 4.99 Å². The number of aromatic nitrogens is 2. The molecule has 0 bridgehead atoms. The molecule has 0 aliphatic carbocycles. The van der Waals surface area contributed by atoms with Gasteiger partial charge in [-0.05, 0) is 31.9 Å². The van der Waals surface area contributed by atoms with Crippen molar-refractivity contribution in [1.29, 1.82) is 0 Å². The van der Waals surface area contributed by atoms with Crippen molar-refractivity contribution in [2.45, 2.75) is 26.8 Å². The summed E-state index contributed by atoms with van der Waals surface area (Å²) in [5, 5.41) is 7.63. The number of hydrogen-bond acceptors (Lipinski definition) is 4. The minimum atomic E-state index is 0. The summed E-state index contributed by atoms with van der Waals surface area (Å²) < 4.78 is 0. The number of aliphatic imine (C=N–C) groups is 1. The summed E-state index contributed by atoms with van der Waals surface area (Å²) in [6, 6.07) is 4.14. The van der Waals surface area contributed by atoms with Gasteiger partial charge in [-0.1, -0.05) is 6.07 Å². The maximum absolute atomic E-state index is 4.32. The van der Waals surface area contributed by atoms with Gasteiger partial charge in [0.2, 0.25) is 0 Å². The number of guanidine groups is 1. The van der Waals surface area contributed by atoms with E-state index in [1.165, 1.54) is 10.4 Å². The topological polar surface area (TPSA) is 62.2 Å². The van der Waals surface area contributed by atoms with E-state index in [0.29, 0.717) is 6.54 Å². The van der Waals surface area contributed by atoms with Gasteiger partial charge in [-0.25, -0.2) is 4.98 Å². The Hall–Kier alpha value is -1.22. The zero-order valence-electron chi connectivity index (χ0n) is 13.1. The van der Waals surface area contributed by atoms with Crippen LogP contribution in [0, 0.1) is 13.8 Å². The molecule has 22 heavy (non-hydrogen) atoms. The second-order valence-electron chi connectivity index (χ2n) is 4.78. The van der Waals surface area contributed by atoms with Crippen LogP contribution in [0.2, 0.25) is 0 Å². The van der Waals surface area contributed by atoms with Crippen LogP contribution in [0.15, 0.2) is 29.5 Å². The maximum Gasteiger partial charge on any atom is 0.191 e. The molecule has 0 atom stereocenters. The fourth-order valence-corrected chi connectivity index (χ4v) is 2.56. The third-order valence-corrected chi connectivity index (χ3v) is 3.89. The van der Waals surface area contributed by atoms with Crippen LogP contribution in [0.4, 0.5) is 0 Å². The molecule has 0 amide bonds. The van der Waals surface area contributed by atoms with Gasteiger partial charge in [0.05, 0.1) is 6.54 Å². The van der Waals surface area contributed by atoms with Gasteiger partial charge in [0.1, 0.15) is 5.01 Å². The number of nitrogens with one attached hydrogen (secondary N) is 2. The highest BCUT2D eigenvalue weighted by Gasteiger charge is 2.01. The highest BCUT2D eigenvalue weighted by molar-refractivity contribution is 14.0. The second kappa shape index (κ2) is 9.73. The minimum Gasteiger partial charge on any atom is -0.356 e. The number of thiazole rings is 1. The Kier molecular flexibility index (Phi) is 8.32. The van der Waals surface area contributed by atoms with E-state index in [-0.39, 0.29) is 24.0 Å². The average Bonchev–Trinajstić information content (AvgIpc) is 2.90. The molecule has 7 heteroatoms. The molecule has 2 rings (SSSR count). The SMILES string of the molecule is CN=C(NCCc1ccc(C)nc1)NCc1ncc(C)s1.I. The largest absolute Gasteiger partial charge is 0.356 e. The predicted octanol–water partition coefficient (Wildman–Crippen LogP) is 2.68. The van der Waals surface area contributed by atoms with Crippen LogP contribution < -0.4 is 10.6 Å². The van der Waals surface area contributed by atoms with E-state index in [0.717, 1.165) is 29.6 Å². The van der Waals surface area contributed by atoms with Crippen LogP contribution in [0.1, 0.15) is 21.1 Å². The molecule has 0 radical (unpaired) electrons. The normalized spacial score (nSPS) is 11.0. The van der Waals surface area contributed by atoms with Crippen molar-refractivity contribution < 1.29 is 0 Å². The quantitative estimate of drug-likeness (QED) is 0.434. The smallest absolute Gasteiger partial charge is 0.191 e. The summed E-state index contributed by atoms with van der Waals surface area (Å²) >= 11 is 1.70. The Morgan fingerprint density at radius 1 is 1.18 bits per heavy atom.